The molecule has 1 aromatic rings. The molecule has 0 saturated carbocycles. The Kier molecular flexibility index (Phi) is 4.38. The lowest BCUT2D eigenvalue weighted by Gasteiger charge is -2.22. The highest BCUT2D eigenvalue weighted by Gasteiger charge is 2.85. The Morgan fingerprint density at radius 1 is 1.25 bits per heavy atom. The molecule has 0 bridgehead atoms. The van der Waals surface area contributed by atoms with Gasteiger partial charge in [-0.3, -0.25) is 14.6 Å². The van der Waals surface area contributed by atoms with Gasteiger partial charge in [-0.25, -0.2) is 4.79 Å². The molecule has 1 fully saturated rings. The minimum Gasteiger partial charge on any atom is -0.466 e. The van der Waals surface area contributed by atoms with Crippen LogP contribution in [0.1, 0.15) is 46.9 Å². The van der Waals surface area contributed by atoms with Gasteiger partial charge in [0, 0.05) is 23.8 Å². The highest BCUT2D eigenvalue weighted by Crippen LogP contribution is 2.58. The summed E-state index contributed by atoms with van der Waals surface area (Å²) in [5.41, 5.74) is -0.632. The molecule has 144 valence electrons. The lowest BCUT2D eigenvalue weighted by atomic mass is 9.72. The normalized spacial score (nSPS) is 27.9. The summed E-state index contributed by atoms with van der Waals surface area (Å²) in [4.78, 5) is 42.9. The number of fused-ring (bicyclic) bond motifs is 2. The summed E-state index contributed by atoms with van der Waals surface area (Å²) in [5, 5.41) is 0. The Bertz CT molecular complexity index is 973. The third-order valence-corrected chi connectivity index (χ3v) is 5.69. The number of rotatable bonds is 6. The first kappa shape index (κ1) is 18.5. The third-order valence-electron chi connectivity index (χ3n) is 5.69. The SMILES string of the molecule is COC(=O)[C@]12O[C@@]1(C/C=C(\C)CCC1=CCN=C1)C(=O)c1ccccc1C2=O. The zero-order valence-corrected chi connectivity index (χ0v) is 15.9. The molecule has 1 saturated heterocycles. The molecule has 6 nitrogen and oxygen atoms in total. The molecule has 2 heterocycles. The Labute approximate surface area is 162 Å². The van der Waals surface area contributed by atoms with Crippen LogP contribution in [-0.2, 0) is 14.3 Å². The van der Waals surface area contributed by atoms with Crippen LogP contribution in [0.25, 0.3) is 0 Å². The van der Waals surface area contributed by atoms with Crippen LogP contribution >= 0.6 is 0 Å². The van der Waals surface area contributed by atoms with E-state index in [1.807, 2.05) is 19.2 Å². The molecular weight excluding hydrogens is 358 g/mol. The summed E-state index contributed by atoms with van der Waals surface area (Å²) < 4.78 is 10.5. The van der Waals surface area contributed by atoms with Crippen molar-refractivity contribution >= 4 is 23.8 Å². The van der Waals surface area contributed by atoms with Crippen LogP contribution in [0.15, 0.2) is 52.6 Å². The average molecular weight is 379 g/mol. The van der Waals surface area contributed by atoms with Gasteiger partial charge >= 0.3 is 5.97 Å². The molecule has 0 aromatic heterocycles. The van der Waals surface area contributed by atoms with Gasteiger partial charge in [0.2, 0.25) is 5.78 Å². The van der Waals surface area contributed by atoms with Crippen LogP contribution in [0.3, 0.4) is 0 Å². The number of esters is 1. The average Bonchev–Trinajstić information content (AvgIpc) is 3.15. The standard InChI is InChI=1S/C22H21NO5/c1-14(7-8-15-10-12-23-13-15)9-11-21-18(24)16-5-3-4-6-17(16)19(25)22(21,28-21)20(26)27-2/h3-6,9-10,13H,7-8,11-12H2,1-2H3/b14-9+/t21-,22-/m0/s1. The Morgan fingerprint density at radius 3 is 2.61 bits per heavy atom. The first-order valence-electron chi connectivity index (χ1n) is 9.28. The van der Waals surface area contributed by atoms with Crippen molar-refractivity contribution in [2.75, 3.05) is 13.7 Å². The summed E-state index contributed by atoms with van der Waals surface area (Å²) in [6.07, 6.45) is 7.66. The van der Waals surface area contributed by atoms with E-state index in [0.717, 1.165) is 25.0 Å². The second kappa shape index (κ2) is 6.63. The number of carbonyl (C=O) groups excluding carboxylic acids is 3. The van der Waals surface area contributed by atoms with Crippen molar-refractivity contribution in [3.63, 3.8) is 0 Å². The molecule has 1 aromatic carbocycles. The van der Waals surface area contributed by atoms with Crippen LogP contribution in [0, 0.1) is 0 Å². The zero-order chi connectivity index (χ0) is 19.9. The summed E-state index contributed by atoms with van der Waals surface area (Å²) in [6.45, 7) is 2.70. The summed E-state index contributed by atoms with van der Waals surface area (Å²) in [6, 6.07) is 6.51. The van der Waals surface area contributed by atoms with Gasteiger partial charge < -0.3 is 9.47 Å². The van der Waals surface area contributed by atoms with Crippen LogP contribution in [0.4, 0.5) is 0 Å². The molecule has 0 unspecified atom stereocenters. The number of carbonyl (C=O) groups is 3. The first-order valence-corrected chi connectivity index (χ1v) is 9.28. The number of epoxide rings is 1. The van der Waals surface area contributed by atoms with Crippen LogP contribution in [0.5, 0.6) is 0 Å². The number of aliphatic imine (C=N–C) groups is 1. The van der Waals surface area contributed by atoms with E-state index in [0.29, 0.717) is 5.56 Å². The van der Waals surface area contributed by atoms with Gasteiger partial charge in [-0.2, -0.15) is 0 Å². The van der Waals surface area contributed by atoms with Crippen molar-refractivity contribution in [1.29, 1.82) is 0 Å². The molecule has 6 heteroatoms. The summed E-state index contributed by atoms with van der Waals surface area (Å²) in [7, 11) is 1.19. The molecule has 2 aliphatic heterocycles. The fourth-order valence-corrected chi connectivity index (χ4v) is 4.00. The van der Waals surface area contributed by atoms with Crippen LogP contribution < -0.4 is 0 Å². The molecule has 0 spiro atoms. The summed E-state index contributed by atoms with van der Waals surface area (Å²) in [5.74, 6) is -1.67. The first-order chi connectivity index (χ1) is 13.5. The molecule has 0 radical (unpaired) electrons. The number of nitrogens with zero attached hydrogens (tertiary/aromatic N) is 1. The van der Waals surface area contributed by atoms with Crippen molar-refractivity contribution in [1.82, 2.24) is 0 Å². The van der Waals surface area contributed by atoms with Gasteiger partial charge in [0.1, 0.15) is 0 Å². The van der Waals surface area contributed by atoms with Gasteiger partial charge in [0.25, 0.3) is 5.60 Å². The number of allylic oxidation sites excluding steroid dienone is 2. The Morgan fingerprint density at radius 2 is 1.96 bits per heavy atom. The van der Waals surface area contributed by atoms with E-state index >= 15 is 0 Å². The number of ketones is 2. The minimum absolute atomic E-state index is 0.153. The number of hydrogen-bond acceptors (Lipinski definition) is 6. The minimum atomic E-state index is -1.87. The van der Waals surface area contributed by atoms with E-state index < -0.39 is 23.0 Å². The maximum absolute atomic E-state index is 13.2. The molecule has 28 heavy (non-hydrogen) atoms. The molecular formula is C22H21NO5. The Balaban J connectivity index is 1.62. The van der Waals surface area contributed by atoms with E-state index in [4.69, 9.17) is 9.47 Å². The van der Waals surface area contributed by atoms with Crippen LogP contribution in [-0.4, -0.2) is 48.6 Å². The molecule has 0 N–H and O–H groups in total. The van der Waals surface area contributed by atoms with E-state index in [1.165, 1.54) is 12.7 Å². The van der Waals surface area contributed by atoms with Gasteiger partial charge in [0.15, 0.2) is 11.4 Å². The fourth-order valence-electron chi connectivity index (χ4n) is 4.00. The number of hydrogen-bond donors (Lipinski definition) is 0. The summed E-state index contributed by atoms with van der Waals surface area (Å²) >= 11 is 0. The quantitative estimate of drug-likeness (QED) is 0.328. The molecule has 2 atom stereocenters. The molecule has 4 rings (SSSR count). The van der Waals surface area contributed by atoms with Gasteiger partial charge in [0.05, 0.1) is 13.7 Å². The van der Waals surface area contributed by atoms with E-state index in [-0.39, 0.29) is 17.8 Å². The lowest BCUT2D eigenvalue weighted by molar-refractivity contribution is -0.145. The molecule has 0 amide bonds. The maximum atomic E-state index is 13.2. The zero-order valence-electron chi connectivity index (χ0n) is 15.9. The lowest BCUT2D eigenvalue weighted by Crippen LogP contribution is -2.50. The maximum Gasteiger partial charge on any atom is 0.350 e. The van der Waals surface area contributed by atoms with Crippen molar-refractivity contribution in [3.05, 3.63) is 58.7 Å². The molecule has 1 aliphatic carbocycles. The monoisotopic (exact) mass is 379 g/mol. The van der Waals surface area contributed by atoms with Gasteiger partial charge in [-0.15, -0.1) is 0 Å². The van der Waals surface area contributed by atoms with Gasteiger partial charge in [-0.1, -0.05) is 42.0 Å². The molecule has 3 aliphatic rings. The number of benzene rings is 1. The topological polar surface area (TPSA) is 85.3 Å². The largest absolute Gasteiger partial charge is 0.466 e. The second-order valence-corrected chi connectivity index (χ2v) is 7.33. The van der Waals surface area contributed by atoms with Crippen molar-refractivity contribution < 1.29 is 23.9 Å². The highest BCUT2D eigenvalue weighted by atomic mass is 16.7. The van der Waals surface area contributed by atoms with E-state index in [9.17, 15) is 14.4 Å². The second-order valence-electron chi connectivity index (χ2n) is 7.33. The fraction of sp³-hybridized carbons (Fsp3) is 0.364. The highest BCUT2D eigenvalue weighted by molar-refractivity contribution is 6.32. The Hall–Kier alpha value is -2.86. The van der Waals surface area contributed by atoms with E-state index in [1.54, 1.807) is 24.3 Å². The van der Waals surface area contributed by atoms with E-state index in [2.05, 4.69) is 11.1 Å². The number of Topliss-reactive ketones (excluding diaryl/α,β-unsaturated/α-hetero) is 2. The van der Waals surface area contributed by atoms with Crippen LogP contribution in [0.2, 0.25) is 0 Å². The van der Waals surface area contributed by atoms with Crippen molar-refractivity contribution in [2.45, 2.75) is 37.4 Å². The number of ether oxygens (including phenoxy) is 2. The van der Waals surface area contributed by atoms with Crippen molar-refractivity contribution in [3.8, 4) is 0 Å². The number of methoxy groups -OCH3 is 1. The third kappa shape index (κ3) is 2.52. The van der Waals surface area contributed by atoms with Gasteiger partial charge in [-0.05, 0) is 25.3 Å². The predicted molar refractivity (Wildman–Crippen MR) is 103 cm³/mol. The van der Waals surface area contributed by atoms with Crippen molar-refractivity contribution in [2.24, 2.45) is 4.99 Å². The smallest absolute Gasteiger partial charge is 0.350 e. The predicted octanol–water partition coefficient (Wildman–Crippen LogP) is 2.87.